The van der Waals surface area contributed by atoms with Gasteiger partial charge >= 0.3 is 0 Å². The van der Waals surface area contributed by atoms with Gasteiger partial charge in [-0.1, -0.05) is 6.42 Å². The molecule has 2 saturated heterocycles. The van der Waals surface area contributed by atoms with Crippen molar-refractivity contribution in [3.05, 3.63) is 11.6 Å². The Morgan fingerprint density at radius 3 is 2.56 bits per heavy atom. The molecule has 2 N–H and O–H groups in total. The second-order valence-electron chi connectivity index (χ2n) is 7.99. The summed E-state index contributed by atoms with van der Waals surface area (Å²) >= 11 is 0. The Labute approximate surface area is 150 Å². The summed E-state index contributed by atoms with van der Waals surface area (Å²) in [4.78, 5) is 5.18. The molecular weight excluding hydrogens is 316 g/mol. The Hall–Kier alpha value is -1.02. The molecule has 1 aromatic rings. The van der Waals surface area contributed by atoms with Crippen molar-refractivity contribution in [3.8, 4) is 0 Å². The first-order chi connectivity index (χ1) is 12.2. The zero-order valence-electron chi connectivity index (χ0n) is 15.4. The highest BCUT2D eigenvalue weighted by atomic mass is 16.5. The van der Waals surface area contributed by atoms with Crippen LogP contribution in [0.25, 0.3) is 0 Å². The molecule has 7 heteroatoms. The van der Waals surface area contributed by atoms with Gasteiger partial charge in [-0.2, -0.15) is 0 Å². The summed E-state index contributed by atoms with van der Waals surface area (Å²) in [5.74, 6) is 2.68. The Morgan fingerprint density at radius 2 is 1.88 bits per heavy atom. The van der Waals surface area contributed by atoms with Crippen molar-refractivity contribution in [2.75, 3.05) is 39.9 Å². The summed E-state index contributed by atoms with van der Waals surface area (Å²) in [6, 6.07) is 1.08. The summed E-state index contributed by atoms with van der Waals surface area (Å²) in [6.45, 7) is 7.35. The fraction of sp³-hybridized carbons (Fsp3) is 0.889. The minimum atomic E-state index is 0.335. The SMILES string of the molecule is COCCn1c(CN2CC(N3CCCCC3)C2)nnc1C1CC(N)C1. The van der Waals surface area contributed by atoms with Crippen molar-refractivity contribution in [2.45, 2.75) is 63.2 Å². The monoisotopic (exact) mass is 348 g/mol. The van der Waals surface area contributed by atoms with Gasteiger partial charge in [-0.15, -0.1) is 10.2 Å². The van der Waals surface area contributed by atoms with Gasteiger partial charge in [-0.05, 0) is 38.8 Å². The predicted molar refractivity (Wildman–Crippen MR) is 96.3 cm³/mol. The van der Waals surface area contributed by atoms with Crippen molar-refractivity contribution < 1.29 is 4.74 Å². The van der Waals surface area contributed by atoms with Crippen LogP contribution in [0.3, 0.4) is 0 Å². The minimum Gasteiger partial charge on any atom is -0.383 e. The molecule has 1 saturated carbocycles. The van der Waals surface area contributed by atoms with Gasteiger partial charge in [0.1, 0.15) is 11.6 Å². The lowest BCUT2D eigenvalue weighted by molar-refractivity contribution is 0.0162. The highest BCUT2D eigenvalue weighted by Crippen LogP contribution is 2.35. The zero-order chi connectivity index (χ0) is 17.2. The zero-order valence-corrected chi connectivity index (χ0v) is 15.4. The van der Waals surface area contributed by atoms with E-state index in [0.29, 0.717) is 18.6 Å². The Kier molecular flexibility index (Phi) is 5.36. The molecule has 0 aromatic carbocycles. The Bertz CT molecular complexity index is 558. The number of likely N-dealkylation sites (tertiary alicyclic amines) is 2. The van der Waals surface area contributed by atoms with Gasteiger partial charge in [0.15, 0.2) is 0 Å². The first kappa shape index (κ1) is 17.4. The Balaban J connectivity index is 1.35. The van der Waals surface area contributed by atoms with E-state index in [4.69, 9.17) is 10.5 Å². The maximum atomic E-state index is 5.97. The van der Waals surface area contributed by atoms with E-state index in [2.05, 4.69) is 24.6 Å². The molecule has 140 valence electrons. The molecule has 0 amide bonds. The molecule has 7 nitrogen and oxygen atoms in total. The van der Waals surface area contributed by atoms with E-state index >= 15 is 0 Å². The van der Waals surface area contributed by atoms with Crippen LogP contribution in [-0.2, 0) is 17.8 Å². The summed E-state index contributed by atoms with van der Waals surface area (Å²) in [5, 5.41) is 9.03. The topological polar surface area (TPSA) is 72.4 Å². The van der Waals surface area contributed by atoms with E-state index in [0.717, 1.165) is 43.6 Å². The number of aromatic nitrogens is 3. The van der Waals surface area contributed by atoms with Crippen LogP contribution in [0.4, 0.5) is 0 Å². The molecule has 0 atom stereocenters. The summed E-state index contributed by atoms with van der Waals surface area (Å²) in [7, 11) is 1.75. The average Bonchev–Trinajstić information content (AvgIpc) is 2.95. The lowest BCUT2D eigenvalue weighted by Crippen LogP contribution is -2.59. The van der Waals surface area contributed by atoms with Crippen LogP contribution in [-0.4, -0.2) is 76.5 Å². The van der Waals surface area contributed by atoms with E-state index in [1.165, 1.54) is 45.4 Å². The van der Waals surface area contributed by atoms with Gasteiger partial charge in [-0.25, -0.2) is 0 Å². The maximum Gasteiger partial charge on any atom is 0.147 e. The summed E-state index contributed by atoms with van der Waals surface area (Å²) in [6.07, 6.45) is 6.21. The van der Waals surface area contributed by atoms with Gasteiger partial charge in [0.25, 0.3) is 0 Å². The molecule has 2 aliphatic heterocycles. The molecule has 25 heavy (non-hydrogen) atoms. The van der Waals surface area contributed by atoms with E-state index in [1.807, 2.05) is 0 Å². The third kappa shape index (κ3) is 3.74. The molecule has 1 aliphatic carbocycles. The first-order valence-corrected chi connectivity index (χ1v) is 9.87. The number of piperidine rings is 1. The van der Waals surface area contributed by atoms with Crippen LogP contribution < -0.4 is 5.73 Å². The summed E-state index contributed by atoms with van der Waals surface area (Å²) < 4.78 is 7.58. The van der Waals surface area contributed by atoms with Crippen LogP contribution in [0.5, 0.6) is 0 Å². The second kappa shape index (κ2) is 7.70. The van der Waals surface area contributed by atoms with Crippen LogP contribution in [0.2, 0.25) is 0 Å². The highest BCUT2D eigenvalue weighted by Gasteiger charge is 2.35. The average molecular weight is 348 g/mol. The third-order valence-corrected chi connectivity index (χ3v) is 6.12. The number of nitrogens with two attached hydrogens (primary N) is 1. The second-order valence-corrected chi connectivity index (χ2v) is 7.99. The number of rotatable bonds is 7. The van der Waals surface area contributed by atoms with E-state index in [9.17, 15) is 0 Å². The maximum absolute atomic E-state index is 5.97. The van der Waals surface area contributed by atoms with Gasteiger partial charge < -0.3 is 15.0 Å². The van der Waals surface area contributed by atoms with Crippen molar-refractivity contribution >= 4 is 0 Å². The number of methoxy groups -OCH3 is 1. The van der Waals surface area contributed by atoms with E-state index in [1.54, 1.807) is 7.11 Å². The molecule has 3 heterocycles. The standard InChI is InChI=1S/C18H32N6O/c1-25-8-7-24-17(20-21-18(24)14-9-15(19)10-14)13-22-11-16(12-22)23-5-3-2-4-6-23/h14-16H,2-13,19H2,1H3. The van der Waals surface area contributed by atoms with E-state index in [-0.39, 0.29) is 0 Å². The molecule has 0 bridgehead atoms. The van der Waals surface area contributed by atoms with Crippen LogP contribution >= 0.6 is 0 Å². The van der Waals surface area contributed by atoms with Crippen molar-refractivity contribution in [1.29, 1.82) is 0 Å². The Morgan fingerprint density at radius 1 is 1.12 bits per heavy atom. The third-order valence-electron chi connectivity index (χ3n) is 6.12. The van der Waals surface area contributed by atoms with Crippen LogP contribution in [0.15, 0.2) is 0 Å². The molecular formula is C18H32N6O. The molecule has 0 radical (unpaired) electrons. The van der Waals surface area contributed by atoms with Gasteiger partial charge in [0.2, 0.25) is 0 Å². The molecule has 0 unspecified atom stereocenters. The van der Waals surface area contributed by atoms with Crippen LogP contribution in [0, 0.1) is 0 Å². The minimum absolute atomic E-state index is 0.335. The molecule has 4 rings (SSSR count). The molecule has 3 fully saturated rings. The van der Waals surface area contributed by atoms with Crippen molar-refractivity contribution in [3.63, 3.8) is 0 Å². The smallest absolute Gasteiger partial charge is 0.147 e. The number of hydrogen-bond donors (Lipinski definition) is 1. The van der Waals surface area contributed by atoms with Crippen molar-refractivity contribution in [2.24, 2.45) is 5.73 Å². The van der Waals surface area contributed by atoms with E-state index < -0.39 is 0 Å². The molecule has 0 spiro atoms. The fourth-order valence-electron chi connectivity index (χ4n) is 4.45. The molecule has 3 aliphatic rings. The first-order valence-electron chi connectivity index (χ1n) is 9.87. The van der Waals surface area contributed by atoms with Gasteiger partial charge in [0, 0.05) is 44.7 Å². The lowest BCUT2D eigenvalue weighted by atomic mass is 9.80. The van der Waals surface area contributed by atoms with Crippen molar-refractivity contribution in [1.82, 2.24) is 24.6 Å². The largest absolute Gasteiger partial charge is 0.383 e. The number of hydrogen-bond acceptors (Lipinski definition) is 6. The summed E-state index contributed by atoms with van der Waals surface area (Å²) in [5.41, 5.74) is 5.97. The quantitative estimate of drug-likeness (QED) is 0.786. The molecule has 1 aromatic heterocycles. The van der Waals surface area contributed by atoms with Gasteiger partial charge in [0.05, 0.1) is 13.2 Å². The highest BCUT2D eigenvalue weighted by molar-refractivity contribution is 5.09. The number of nitrogens with zero attached hydrogens (tertiary/aromatic N) is 5. The predicted octanol–water partition coefficient (Wildman–Crippen LogP) is 0.799. The fourth-order valence-corrected chi connectivity index (χ4v) is 4.45. The normalized spacial score (nSPS) is 28.7. The lowest BCUT2D eigenvalue weighted by Gasteiger charge is -2.46. The number of ether oxygens (including phenoxy) is 1. The van der Waals surface area contributed by atoms with Crippen LogP contribution in [0.1, 0.15) is 49.7 Å². The van der Waals surface area contributed by atoms with Gasteiger partial charge in [-0.3, -0.25) is 9.80 Å².